The zero-order valence-corrected chi connectivity index (χ0v) is 19.0. The summed E-state index contributed by atoms with van der Waals surface area (Å²) in [7, 11) is 0. The first-order chi connectivity index (χ1) is 15.5. The normalized spacial score (nSPS) is 13.0. The van der Waals surface area contributed by atoms with Gasteiger partial charge in [0.25, 0.3) is 5.91 Å². The van der Waals surface area contributed by atoms with Crippen LogP contribution in [0.4, 0.5) is 4.39 Å². The average molecular weight is 436 g/mol. The van der Waals surface area contributed by atoms with E-state index in [2.05, 4.69) is 12.2 Å². The van der Waals surface area contributed by atoms with Gasteiger partial charge in [-0.3, -0.25) is 4.79 Å². The summed E-state index contributed by atoms with van der Waals surface area (Å²) in [4.78, 5) is 12.6. The van der Waals surface area contributed by atoms with Crippen molar-refractivity contribution in [3.63, 3.8) is 0 Å². The minimum Gasteiger partial charge on any atom is -0.492 e. The van der Waals surface area contributed by atoms with E-state index in [1.54, 1.807) is 13.0 Å². The Hall–Kier alpha value is -3.15. The van der Waals surface area contributed by atoms with Gasteiger partial charge in [0.15, 0.2) is 0 Å². The lowest BCUT2D eigenvalue weighted by Gasteiger charge is -2.15. The molecule has 0 saturated carbocycles. The van der Waals surface area contributed by atoms with Gasteiger partial charge in [0, 0.05) is 17.8 Å². The van der Waals surface area contributed by atoms with Gasteiger partial charge in [0.1, 0.15) is 17.3 Å². The molecule has 1 amide bonds. The number of carbonyl (C=O) groups is 1. The quantitative estimate of drug-likeness (QED) is 0.562. The van der Waals surface area contributed by atoms with Crippen molar-refractivity contribution in [2.24, 2.45) is 0 Å². The Labute approximate surface area is 188 Å². The van der Waals surface area contributed by atoms with E-state index >= 15 is 0 Å². The van der Waals surface area contributed by atoms with Gasteiger partial charge in [0.2, 0.25) is 0 Å². The zero-order valence-electron chi connectivity index (χ0n) is 19.0. The lowest BCUT2D eigenvalue weighted by Crippen LogP contribution is -2.23. The summed E-state index contributed by atoms with van der Waals surface area (Å²) in [6.45, 7) is 6.78. The van der Waals surface area contributed by atoms with Crippen molar-refractivity contribution < 1.29 is 13.9 Å². The van der Waals surface area contributed by atoms with Crippen molar-refractivity contribution in [1.29, 1.82) is 0 Å². The number of aryl methyl sites for hydroxylation is 2. The van der Waals surface area contributed by atoms with Crippen LogP contribution >= 0.6 is 0 Å². The molecule has 1 aromatic heterocycles. The van der Waals surface area contributed by atoms with Crippen LogP contribution in [0, 0.1) is 12.7 Å². The number of ether oxygens (including phenoxy) is 1. The van der Waals surface area contributed by atoms with Gasteiger partial charge in [-0.1, -0.05) is 19.1 Å². The number of halogens is 1. The van der Waals surface area contributed by atoms with E-state index in [9.17, 15) is 9.18 Å². The summed E-state index contributed by atoms with van der Waals surface area (Å²) in [5, 5.41) is 7.82. The van der Waals surface area contributed by atoms with Gasteiger partial charge < -0.3 is 10.1 Å². The highest BCUT2D eigenvalue weighted by atomic mass is 19.1. The first kappa shape index (κ1) is 22.1. The Kier molecular flexibility index (Phi) is 6.58. The third-order valence-electron chi connectivity index (χ3n) is 6.05. The summed E-state index contributed by atoms with van der Waals surface area (Å²) in [6, 6.07) is 10.2. The fourth-order valence-electron chi connectivity index (χ4n) is 4.41. The second-order valence-electron chi connectivity index (χ2n) is 8.22. The van der Waals surface area contributed by atoms with E-state index in [4.69, 9.17) is 9.84 Å². The molecule has 168 valence electrons. The standard InChI is InChI=1S/C26H30FN3O2/c1-4-23-20-8-6-7-9-22(20)29-30(23)24-13-11-18(14-25(24)32-5-2)16-28-26(31)21-15-19(27)12-10-17(21)3/h10-15H,4-9,16H2,1-3H3,(H,28,31). The van der Waals surface area contributed by atoms with Gasteiger partial charge in [-0.25, -0.2) is 9.07 Å². The van der Waals surface area contributed by atoms with E-state index in [0.717, 1.165) is 41.8 Å². The minimum absolute atomic E-state index is 0.294. The molecule has 0 fully saturated rings. The Morgan fingerprint density at radius 1 is 1.16 bits per heavy atom. The van der Waals surface area contributed by atoms with Crippen LogP contribution in [0.15, 0.2) is 36.4 Å². The molecule has 0 bridgehead atoms. The summed E-state index contributed by atoms with van der Waals surface area (Å²) >= 11 is 0. The Morgan fingerprint density at radius 2 is 1.97 bits per heavy atom. The number of carbonyl (C=O) groups excluding carboxylic acids is 1. The first-order valence-corrected chi connectivity index (χ1v) is 11.4. The molecular weight excluding hydrogens is 405 g/mol. The maximum absolute atomic E-state index is 13.6. The number of fused-ring (bicyclic) bond motifs is 1. The van der Waals surface area contributed by atoms with Crippen molar-refractivity contribution in [2.45, 2.75) is 59.4 Å². The molecule has 3 aromatic rings. The zero-order chi connectivity index (χ0) is 22.7. The number of nitrogens with one attached hydrogen (secondary N) is 1. The van der Waals surface area contributed by atoms with Crippen molar-refractivity contribution >= 4 is 5.91 Å². The predicted molar refractivity (Wildman–Crippen MR) is 123 cm³/mol. The summed E-state index contributed by atoms with van der Waals surface area (Å²) in [5.41, 5.74) is 6.78. The first-order valence-electron chi connectivity index (χ1n) is 11.4. The third kappa shape index (κ3) is 4.40. The number of rotatable bonds is 7. The molecule has 1 heterocycles. The highest BCUT2D eigenvalue weighted by molar-refractivity contribution is 5.95. The van der Waals surface area contributed by atoms with Gasteiger partial charge in [-0.05, 0) is 86.9 Å². The highest BCUT2D eigenvalue weighted by Gasteiger charge is 2.22. The SMILES string of the molecule is CCOc1cc(CNC(=O)c2cc(F)ccc2C)ccc1-n1nc2c(c1CC)CCCC2. The van der Waals surface area contributed by atoms with Crippen LogP contribution in [-0.2, 0) is 25.8 Å². The van der Waals surface area contributed by atoms with Crippen LogP contribution in [0.5, 0.6) is 5.75 Å². The second-order valence-corrected chi connectivity index (χ2v) is 8.22. The van der Waals surface area contributed by atoms with Gasteiger partial charge in [-0.15, -0.1) is 0 Å². The van der Waals surface area contributed by atoms with Crippen molar-refractivity contribution in [3.05, 3.63) is 75.9 Å². The molecule has 4 rings (SSSR count). The lowest BCUT2D eigenvalue weighted by molar-refractivity contribution is 0.0949. The monoisotopic (exact) mass is 435 g/mol. The molecule has 5 nitrogen and oxygen atoms in total. The molecule has 0 spiro atoms. The van der Waals surface area contributed by atoms with Crippen LogP contribution in [0.3, 0.4) is 0 Å². The summed E-state index contributed by atoms with van der Waals surface area (Å²) < 4.78 is 21.6. The van der Waals surface area contributed by atoms with Crippen molar-refractivity contribution in [1.82, 2.24) is 15.1 Å². The molecule has 1 aliphatic carbocycles. The van der Waals surface area contributed by atoms with E-state index in [1.165, 1.54) is 41.9 Å². The summed E-state index contributed by atoms with van der Waals surface area (Å²) in [5.74, 6) is 0.0326. The van der Waals surface area contributed by atoms with Crippen molar-refractivity contribution in [3.8, 4) is 11.4 Å². The third-order valence-corrected chi connectivity index (χ3v) is 6.05. The minimum atomic E-state index is -0.419. The molecule has 0 atom stereocenters. The lowest BCUT2D eigenvalue weighted by atomic mass is 9.95. The molecule has 2 aromatic carbocycles. The number of benzene rings is 2. The fourth-order valence-corrected chi connectivity index (χ4v) is 4.41. The maximum atomic E-state index is 13.6. The van der Waals surface area contributed by atoms with E-state index < -0.39 is 5.82 Å². The Balaban J connectivity index is 1.59. The maximum Gasteiger partial charge on any atom is 0.251 e. The Morgan fingerprint density at radius 3 is 2.75 bits per heavy atom. The molecule has 0 aliphatic heterocycles. The molecule has 1 N–H and O–H groups in total. The number of hydrogen-bond donors (Lipinski definition) is 1. The van der Waals surface area contributed by atoms with E-state index in [-0.39, 0.29) is 5.91 Å². The molecule has 32 heavy (non-hydrogen) atoms. The van der Waals surface area contributed by atoms with Gasteiger partial charge >= 0.3 is 0 Å². The molecule has 0 unspecified atom stereocenters. The number of nitrogens with zero attached hydrogens (tertiary/aromatic N) is 2. The van der Waals surface area contributed by atoms with Crippen molar-refractivity contribution in [2.75, 3.05) is 6.61 Å². The molecule has 1 aliphatic rings. The number of amides is 1. The molecule has 0 saturated heterocycles. The van der Waals surface area contributed by atoms with Gasteiger partial charge in [0.05, 0.1) is 12.3 Å². The summed E-state index contributed by atoms with van der Waals surface area (Å²) in [6.07, 6.45) is 5.44. The molecule has 6 heteroatoms. The van der Waals surface area contributed by atoms with Gasteiger partial charge in [-0.2, -0.15) is 5.10 Å². The van der Waals surface area contributed by atoms with Crippen LogP contribution < -0.4 is 10.1 Å². The average Bonchev–Trinajstić information content (AvgIpc) is 3.17. The van der Waals surface area contributed by atoms with Crippen LogP contribution in [0.25, 0.3) is 5.69 Å². The predicted octanol–water partition coefficient (Wildman–Crippen LogP) is 5.09. The van der Waals surface area contributed by atoms with Crippen LogP contribution in [-0.4, -0.2) is 22.3 Å². The molecular formula is C26H30FN3O2. The van der Waals surface area contributed by atoms with Crippen LogP contribution in [0.1, 0.15) is 65.1 Å². The number of aromatic nitrogens is 2. The Bertz CT molecular complexity index is 1140. The highest BCUT2D eigenvalue weighted by Crippen LogP contribution is 2.31. The van der Waals surface area contributed by atoms with E-state index in [1.807, 2.05) is 29.8 Å². The molecule has 0 radical (unpaired) electrons. The van der Waals surface area contributed by atoms with Crippen LogP contribution in [0.2, 0.25) is 0 Å². The number of hydrogen-bond acceptors (Lipinski definition) is 3. The smallest absolute Gasteiger partial charge is 0.251 e. The largest absolute Gasteiger partial charge is 0.492 e. The fraction of sp³-hybridized carbons (Fsp3) is 0.385. The second kappa shape index (κ2) is 9.55. The van der Waals surface area contributed by atoms with E-state index in [0.29, 0.717) is 18.7 Å². The topological polar surface area (TPSA) is 56.1 Å².